The van der Waals surface area contributed by atoms with E-state index in [1.54, 1.807) is 0 Å². The van der Waals surface area contributed by atoms with Crippen LogP contribution in [0.2, 0.25) is 10.0 Å². The van der Waals surface area contributed by atoms with Crippen molar-refractivity contribution in [2.45, 2.75) is 6.61 Å². The van der Waals surface area contributed by atoms with Crippen LogP contribution >= 0.6 is 23.2 Å². The van der Waals surface area contributed by atoms with E-state index in [-0.39, 0.29) is 22.2 Å². The molecule has 0 unspecified atom stereocenters. The van der Waals surface area contributed by atoms with Crippen molar-refractivity contribution in [3.05, 3.63) is 63.4 Å². The van der Waals surface area contributed by atoms with Crippen LogP contribution < -0.4 is 5.73 Å². The lowest BCUT2D eigenvalue weighted by molar-refractivity contribution is 0.0473. The first kappa shape index (κ1) is 14.6. The molecule has 0 bridgehead atoms. The molecule has 0 saturated carbocycles. The lowest BCUT2D eigenvalue weighted by Gasteiger charge is -2.07. The van der Waals surface area contributed by atoms with E-state index in [0.29, 0.717) is 11.3 Å². The Morgan fingerprint density at radius 1 is 1.15 bits per heavy atom. The molecule has 0 spiro atoms. The van der Waals surface area contributed by atoms with E-state index in [0.717, 1.165) is 6.07 Å². The van der Waals surface area contributed by atoms with Gasteiger partial charge in [-0.3, -0.25) is 0 Å². The monoisotopic (exact) mass is 313 g/mol. The van der Waals surface area contributed by atoms with Gasteiger partial charge in [0, 0.05) is 5.56 Å². The third kappa shape index (κ3) is 3.40. The van der Waals surface area contributed by atoms with Crippen LogP contribution in [-0.4, -0.2) is 5.97 Å². The first-order valence-electron chi connectivity index (χ1n) is 5.63. The Balaban J connectivity index is 2.06. The van der Waals surface area contributed by atoms with Gasteiger partial charge in [-0.25, -0.2) is 9.18 Å². The third-order valence-electron chi connectivity index (χ3n) is 2.61. The maximum atomic E-state index is 12.9. The van der Waals surface area contributed by atoms with Crippen LogP contribution in [0.3, 0.4) is 0 Å². The molecule has 3 nitrogen and oxygen atoms in total. The highest BCUT2D eigenvalue weighted by atomic mass is 35.5. The van der Waals surface area contributed by atoms with Gasteiger partial charge in [0.15, 0.2) is 0 Å². The summed E-state index contributed by atoms with van der Waals surface area (Å²) < 4.78 is 18.0. The van der Waals surface area contributed by atoms with Crippen LogP contribution in [0.1, 0.15) is 15.9 Å². The largest absolute Gasteiger partial charge is 0.457 e. The summed E-state index contributed by atoms with van der Waals surface area (Å²) in [4.78, 5) is 11.8. The summed E-state index contributed by atoms with van der Waals surface area (Å²) in [5.74, 6) is -1.01. The Kier molecular flexibility index (Phi) is 4.47. The van der Waals surface area contributed by atoms with Crippen LogP contribution in [0.4, 0.5) is 10.1 Å². The molecule has 0 heterocycles. The van der Waals surface area contributed by atoms with Crippen LogP contribution in [-0.2, 0) is 11.3 Å². The molecule has 2 rings (SSSR count). The van der Waals surface area contributed by atoms with E-state index in [2.05, 4.69) is 0 Å². The number of carbonyl (C=O) groups is 1. The average Bonchev–Trinajstić information content (AvgIpc) is 2.40. The normalized spacial score (nSPS) is 10.3. The van der Waals surface area contributed by atoms with Crippen molar-refractivity contribution in [3.8, 4) is 0 Å². The number of ether oxygens (including phenoxy) is 1. The minimum absolute atomic E-state index is 0.0556. The molecule has 0 fully saturated rings. The van der Waals surface area contributed by atoms with Gasteiger partial charge in [0.25, 0.3) is 0 Å². The van der Waals surface area contributed by atoms with E-state index in [4.69, 9.17) is 33.7 Å². The number of esters is 1. The Labute approximate surface area is 125 Å². The molecule has 0 amide bonds. The van der Waals surface area contributed by atoms with Gasteiger partial charge < -0.3 is 10.5 Å². The number of hydrogen-bond donors (Lipinski definition) is 1. The smallest absolute Gasteiger partial charge is 0.338 e. The molecule has 104 valence electrons. The molecule has 0 saturated heterocycles. The quantitative estimate of drug-likeness (QED) is 0.686. The minimum atomic E-state index is -0.563. The van der Waals surface area contributed by atoms with Gasteiger partial charge in [-0.05, 0) is 30.3 Å². The topological polar surface area (TPSA) is 52.3 Å². The molecule has 6 heteroatoms. The SMILES string of the molecule is Nc1ccc(C(=O)OCc2ccc(F)cc2Cl)cc1Cl. The summed E-state index contributed by atoms with van der Waals surface area (Å²) in [5.41, 5.74) is 6.73. The number of nitrogen functional groups attached to an aromatic ring is 1. The number of nitrogens with two attached hydrogens (primary N) is 1. The van der Waals surface area contributed by atoms with Crippen LogP contribution in [0, 0.1) is 5.82 Å². The van der Waals surface area contributed by atoms with Gasteiger partial charge in [0.2, 0.25) is 0 Å². The van der Waals surface area contributed by atoms with Gasteiger partial charge in [-0.1, -0.05) is 29.3 Å². The van der Waals surface area contributed by atoms with Gasteiger partial charge in [-0.2, -0.15) is 0 Å². The van der Waals surface area contributed by atoms with E-state index in [1.165, 1.54) is 30.3 Å². The van der Waals surface area contributed by atoms with Crippen molar-refractivity contribution in [1.82, 2.24) is 0 Å². The van der Waals surface area contributed by atoms with Crippen LogP contribution in [0.25, 0.3) is 0 Å². The van der Waals surface area contributed by atoms with Crippen molar-refractivity contribution >= 4 is 34.9 Å². The maximum absolute atomic E-state index is 12.9. The molecule has 0 aliphatic heterocycles. The van der Waals surface area contributed by atoms with Crippen molar-refractivity contribution in [3.63, 3.8) is 0 Å². The molecule has 0 radical (unpaired) electrons. The molecule has 0 aromatic heterocycles. The van der Waals surface area contributed by atoms with Crippen molar-refractivity contribution in [2.75, 3.05) is 5.73 Å². The average molecular weight is 314 g/mol. The molecule has 0 aliphatic carbocycles. The molecule has 2 aromatic rings. The first-order valence-corrected chi connectivity index (χ1v) is 6.39. The molecule has 20 heavy (non-hydrogen) atoms. The Morgan fingerprint density at radius 3 is 2.55 bits per heavy atom. The van der Waals surface area contributed by atoms with Crippen molar-refractivity contribution < 1.29 is 13.9 Å². The fraction of sp³-hybridized carbons (Fsp3) is 0.0714. The summed E-state index contributed by atoms with van der Waals surface area (Å²) in [6.07, 6.45) is 0. The van der Waals surface area contributed by atoms with Crippen LogP contribution in [0.5, 0.6) is 0 Å². The van der Waals surface area contributed by atoms with E-state index < -0.39 is 11.8 Å². The molecular formula is C14H10Cl2FNO2. The highest BCUT2D eigenvalue weighted by Gasteiger charge is 2.10. The fourth-order valence-electron chi connectivity index (χ4n) is 1.52. The highest BCUT2D eigenvalue weighted by molar-refractivity contribution is 6.33. The Morgan fingerprint density at radius 2 is 1.90 bits per heavy atom. The van der Waals surface area contributed by atoms with Gasteiger partial charge in [0.1, 0.15) is 12.4 Å². The summed E-state index contributed by atoms with van der Waals surface area (Å²) >= 11 is 11.7. The minimum Gasteiger partial charge on any atom is -0.457 e. The van der Waals surface area contributed by atoms with E-state index in [9.17, 15) is 9.18 Å². The zero-order chi connectivity index (χ0) is 14.7. The molecule has 0 aliphatic rings. The third-order valence-corrected chi connectivity index (χ3v) is 3.29. The van der Waals surface area contributed by atoms with Crippen molar-refractivity contribution in [2.24, 2.45) is 0 Å². The standard InChI is InChI=1S/C14H10Cl2FNO2/c15-11-6-10(17)3-1-9(11)7-20-14(19)8-2-4-13(18)12(16)5-8/h1-6H,7,18H2. The zero-order valence-corrected chi connectivity index (χ0v) is 11.7. The fourth-order valence-corrected chi connectivity index (χ4v) is 1.92. The van der Waals surface area contributed by atoms with Gasteiger partial charge in [-0.15, -0.1) is 0 Å². The van der Waals surface area contributed by atoms with Gasteiger partial charge in [0.05, 0.1) is 21.3 Å². The summed E-state index contributed by atoms with van der Waals surface area (Å²) in [7, 11) is 0. The second-order valence-electron chi connectivity index (χ2n) is 4.05. The molecule has 0 atom stereocenters. The number of benzene rings is 2. The number of rotatable bonds is 3. The highest BCUT2D eigenvalue weighted by Crippen LogP contribution is 2.21. The zero-order valence-electron chi connectivity index (χ0n) is 10.2. The summed E-state index contributed by atoms with van der Waals surface area (Å²) in [6.45, 7) is -0.0556. The predicted octanol–water partition coefficient (Wildman–Crippen LogP) is 4.07. The summed E-state index contributed by atoms with van der Waals surface area (Å²) in [6, 6.07) is 8.31. The number of anilines is 1. The summed E-state index contributed by atoms with van der Waals surface area (Å²) in [5, 5.41) is 0.479. The number of halogens is 3. The molecule has 2 aromatic carbocycles. The first-order chi connectivity index (χ1) is 9.47. The number of hydrogen-bond acceptors (Lipinski definition) is 3. The predicted molar refractivity (Wildman–Crippen MR) is 76.4 cm³/mol. The number of carbonyl (C=O) groups excluding carboxylic acids is 1. The van der Waals surface area contributed by atoms with Crippen molar-refractivity contribution in [1.29, 1.82) is 0 Å². The molecule has 2 N–H and O–H groups in total. The van der Waals surface area contributed by atoms with E-state index >= 15 is 0 Å². The molecular weight excluding hydrogens is 304 g/mol. The lowest BCUT2D eigenvalue weighted by atomic mass is 10.2. The van der Waals surface area contributed by atoms with E-state index in [1.807, 2.05) is 0 Å². The van der Waals surface area contributed by atoms with Crippen LogP contribution in [0.15, 0.2) is 36.4 Å². The lowest BCUT2D eigenvalue weighted by Crippen LogP contribution is -2.06. The maximum Gasteiger partial charge on any atom is 0.338 e. The Hall–Kier alpha value is -1.78. The van der Waals surface area contributed by atoms with Gasteiger partial charge >= 0.3 is 5.97 Å². The Bertz CT molecular complexity index is 662. The second kappa shape index (κ2) is 6.11. The second-order valence-corrected chi connectivity index (χ2v) is 4.86.